The molecule has 1 heterocycles. The van der Waals surface area contributed by atoms with Gasteiger partial charge in [0.2, 0.25) is 5.91 Å². The third kappa shape index (κ3) is 3.01. The van der Waals surface area contributed by atoms with Crippen LogP contribution in [0.5, 0.6) is 0 Å². The molecule has 2 unspecified atom stereocenters. The Hall–Kier alpha value is -0.570. The minimum Gasteiger partial charge on any atom is -0.352 e. The van der Waals surface area contributed by atoms with Crippen LogP contribution in [0.2, 0.25) is 0 Å². The summed E-state index contributed by atoms with van der Waals surface area (Å²) in [4.78, 5) is 12.4. The molecule has 3 nitrogen and oxygen atoms in total. The van der Waals surface area contributed by atoms with Gasteiger partial charge in [-0.3, -0.25) is 4.79 Å². The standard InChI is InChI=1S/C14H26N2O/c1-3-12(10-11-6-7-11)16-13(17)14(4-2)8-5-9-15-14/h11-12,15H,3-10H2,1-2H3,(H,16,17). The third-order valence-corrected chi connectivity index (χ3v) is 4.42. The van der Waals surface area contributed by atoms with E-state index >= 15 is 0 Å². The molecule has 98 valence electrons. The first kappa shape index (κ1) is 12.9. The van der Waals surface area contributed by atoms with Gasteiger partial charge in [-0.2, -0.15) is 0 Å². The summed E-state index contributed by atoms with van der Waals surface area (Å²) in [7, 11) is 0. The predicted octanol–water partition coefficient (Wildman–Crippen LogP) is 2.21. The van der Waals surface area contributed by atoms with E-state index in [1.165, 1.54) is 19.3 Å². The summed E-state index contributed by atoms with van der Waals surface area (Å²) in [6.45, 7) is 5.27. The zero-order valence-corrected chi connectivity index (χ0v) is 11.2. The lowest BCUT2D eigenvalue weighted by atomic mass is 9.92. The normalized spacial score (nSPS) is 30.2. The van der Waals surface area contributed by atoms with E-state index in [0.29, 0.717) is 6.04 Å². The van der Waals surface area contributed by atoms with Crippen molar-refractivity contribution in [1.29, 1.82) is 0 Å². The Morgan fingerprint density at radius 2 is 2.24 bits per heavy atom. The number of rotatable bonds is 6. The van der Waals surface area contributed by atoms with Crippen LogP contribution in [0.4, 0.5) is 0 Å². The van der Waals surface area contributed by atoms with Crippen LogP contribution in [0, 0.1) is 5.92 Å². The molecule has 17 heavy (non-hydrogen) atoms. The van der Waals surface area contributed by atoms with Crippen molar-refractivity contribution in [2.45, 2.75) is 70.4 Å². The maximum absolute atomic E-state index is 12.4. The summed E-state index contributed by atoms with van der Waals surface area (Å²) in [5.74, 6) is 1.12. The second kappa shape index (κ2) is 5.38. The highest BCUT2D eigenvalue weighted by Gasteiger charge is 2.40. The summed E-state index contributed by atoms with van der Waals surface area (Å²) in [5, 5.41) is 6.68. The molecule has 2 aliphatic rings. The Labute approximate surface area is 105 Å². The molecule has 2 fully saturated rings. The van der Waals surface area contributed by atoms with Crippen molar-refractivity contribution in [3.05, 3.63) is 0 Å². The summed E-state index contributed by atoms with van der Waals surface area (Å²) in [5.41, 5.74) is -0.267. The van der Waals surface area contributed by atoms with Gasteiger partial charge >= 0.3 is 0 Å². The SMILES string of the molecule is CCC(CC1CC1)NC(=O)C1(CC)CCCN1. The first-order chi connectivity index (χ1) is 8.20. The quantitative estimate of drug-likeness (QED) is 0.745. The van der Waals surface area contributed by atoms with Gasteiger partial charge in [0, 0.05) is 6.04 Å². The minimum absolute atomic E-state index is 0.241. The number of hydrogen-bond acceptors (Lipinski definition) is 2. The van der Waals surface area contributed by atoms with E-state index in [0.717, 1.165) is 38.1 Å². The van der Waals surface area contributed by atoms with Gasteiger partial charge in [0.15, 0.2) is 0 Å². The predicted molar refractivity (Wildman–Crippen MR) is 69.8 cm³/mol. The molecule has 0 spiro atoms. The lowest BCUT2D eigenvalue weighted by Crippen LogP contribution is -2.55. The topological polar surface area (TPSA) is 41.1 Å². The smallest absolute Gasteiger partial charge is 0.240 e. The van der Waals surface area contributed by atoms with Gasteiger partial charge in [0.05, 0.1) is 5.54 Å². The van der Waals surface area contributed by atoms with Crippen molar-refractivity contribution < 1.29 is 4.79 Å². The van der Waals surface area contributed by atoms with Gasteiger partial charge in [-0.05, 0) is 44.6 Å². The second-order valence-electron chi connectivity index (χ2n) is 5.72. The molecule has 0 aromatic rings. The molecule has 0 radical (unpaired) electrons. The van der Waals surface area contributed by atoms with Crippen LogP contribution in [-0.4, -0.2) is 24.0 Å². The minimum atomic E-state index is -0.267. The average Bonchev–Trinajstić information content (AvgIpc) is 3.02. The number of carbonyl (C=O) groups is 1. The molecular formula is C14H26N2O. The largest absolute Gasteiger partial charge is 0.352 e. The van der Waals surface area contributed by atoms with Crippen LogP contribution in [-0.2, 0) is 4.79 Å². The van der Waals surface area contributed by atoms with E-state index in [9.17, 15) is 4.79 Å². The summed E-state index contributed by atoms with van der Waals surface area (Å²) in [6, 6.07) is 0.390. The number of nitrogens with one attached hydrogen (secondary N) is 2. The number of hydrogen-bond donors (Lipinski definition) is 2. The molecule has 1 aliphatic carbocycles. The van der Waals surface area contributed by atoms with Gasteiger partial charge in [-0.15, -0.1) is 0 Å². The maximum atomic E-state index is 12.4. The molecule has 0 aromatic carbocycles. The lowest BCUT2D eigenvalue weighted by Gasteiger charge is -2.29. The Bertz CT molecular complexity index is 267. The van der Waals surface area contributed by atoms with Crippen molar-refractivity contribution in [1.82, 2.24) is 10.6 Å². The van der Waals surface area contributed by atoms with E-state index in [1.807, 2.05) is 0 Å². The molecule has 1 saturated heterocycles. The Balaban J connectivity index is 1.88. The van der Waals surface area contributed by atoms with Crippen molar-refractivity contribution in [3.8, 4) is 0 Å². The summed E-state index contributed by atoms with van der Waals surface area (Å²) in [6.07, 6.45) is 7.99. The molecule has 2 atom stereocenters. The molecule has 1 saturated carbocycles. The fourth-order valence-corrected chi connectivity index (χ4v) is 2.87. The van der Waals surface area contributed by atoms with Crippen LogP contribution >= 0.6 is 0 Å². The zero-order chi connectivity index (χ0) is 12.3. The summed E-state index contributed by atoms with van der Waals surface area (Å²) < 4.78 is 0. The highest BCUT2D eigenvalue weighted by molar-refractivity contribution is 5.86. The molecular weight excluding hydrogens is 212 g/mol. The van der Waals surface area contributed by atoms with Crippen LogP contribution < -0.4 is 10.6 Å². The molecule has 2 N–H and O–H groups in total. The molecule has 1 amide bonds. The number of amides is 1. The molecule has 3 heteroatoms. The van der Waals surface area contributed by atoms with E-state index in [4.69, 9.17) is 0 Å². The van der Waals surface area contributed by atoms with E-state index in [2.05, 4.69) is 24.5 Å². The molecule has 0 bridgehead atoms. The third-order valence-electron chi connectivity index (χ3n) is 4.42. The first-order valence-corrected chi connectivity index (χ1v) is 7.26. The molecule has 1 aliphatic heterocycles. The lowest BCUT2D eigenvalue weighted by molar-refractivity contribution is -0.128. The van der Waals surface area contributed by atoms with Crippen molar-refractivity contribution >= 4 is 5.91 Å². The number of carbonyl (C=O) groups excluding carboxylic acids is 1. The van der Waals surface area contributed by atoms with Gasteiger partial charge in [-0.25, -0.2) is 0 Å². The van der Waals surface area contributed by atoms with E-state index in [1.54, 1.807) is 0 Å². The Morgan fingerprint density at radius 1 is 1.47 bits per heavy atom. The van der Waals surface area contributed by atoms with Gasteiger partial charge in [0.25, 0.3) is 0 Å². The maximum Gasteiger partial charge on any atom is 0.240 e. The van der Waals surface area contributed by atoms with Gasteiger partial charge in [-0.1, -0.05) is 26.7 Å². The Morgan fingerprint density at radius 3 is 2.71 bits per heavy atom. The van der Waals surface area contributed by atoms with Crippen LogP contribution in [0.15, 0.2) is 0 Å². The Kier molecular flexibility index (Phi) is 4.08. The first-order valence-electron chi connectivity index (χ1n) is 7.26. The fourth-order valence-electron chi connectivity index (χ4n) is 2.87. The van der Waals surface area contributed by atoms with Gasteiger partial charge < -0.3 is 10.6 Å². The molecule has 0 aromatic heterocycles. The summed E-state index contributed by atoms with van der Waals surface area (Å²) >= 11 is 0. The average molecular weight is 238 g/mol. The van der Waals surface area contributed by atoms with Crippen molar-refractivity contribution in [3.63, 3.8) is 0 Å². The van der Waals surface area contributed by atoms with Gasteiger partial charge in [0.1, 0.15) is 0 Å². The van der Waals surface area contributed by atoms with E-state index < -0.39 is 0 Å². The van der Waals surface area contributed by atoms with Crippen LogP contribution in [0.3, 0.4) is 0 Å². The fraction of sp³-hybridized carbons (Fsp3) is 0.929. The highest BCUT2D eigenvalue weighted by Crippen LogP contribution is 2.34. The second-order valence-corrected chi connectivity index (χ2v) is 5.72. The van der Waals surface area contributed by atoms with Crippen molar-refractivity contribution in [2.75, 3.05) is 6.54 Å². The van der Waals surface area contributed by atoms with Crippen LogP contribution in [0.1, 0.15) is 58.8 Å². The van der Waals surface area contributed by atoms with Crippen LogP contribution in [0.25, 0.3) is 0 Å². The highest BCUT2D eigenvalue weighted by atomic mass is 16.2. The van der Waals surface area contributed by atoms with Crippen molar-refractivity contribution in [2.24, 2.45) is 5.92 Å². The van der Waals surface area contributed by atoms with E-state index in [-0.39, 0.29) is 11.4 Å². The zero-order valence-electron chi connectivity index (χ0n) is 11.2. The monoisotopic (exact) mass is 238 g/mol. The molecule has 2 rings (SSSR count).